The summed E-state index contributed by atoms with van der Waals surface area (Å²) in [6, 6.07) is 8.53. The fourth-order valence-electron chi connectivity index (χ4n) is 2.15. The maximum atomic E-state index is 14.6. The van der Waals surface area contributed by atoms with Gasteiger partial charge in [-0.05, 0) is 0 Å². The van der Waals surface area contributed by atoms with Crippen molar-refractivity contribution in [3.8, 4) is 11.1 Å². The zero-order valence-electron chi connectivity index (χ0n) is 10.4. The first-order valence-corrected chi connectivity index (χ1v) is 7.97. The van der Waals surface area contributed by atoms with E-state index < -0.39 is 5.82 Å². The van der Waals surface area contributed by atoms with Crippen molar-refractivity contribution in [2.75, 3.05) is 0 Å². The first-order chi connectivity index (χ1) is 9.99. The van der Waals surface area contributed by atoms with Crippen molar-refractivity contribution in [3.63, 3.8) is 0 Å². The standard InChI is InChI=1S/C15H6AsCl3FN/c16-12-5-7-4-8(13-10(17)2-1-3-11(13)18)15(20)14(19)9(7)6-21-12/h1-6H. The van der Waals surface area contributed by atoms with Crippen molar-refractivity contribution in [1.29, 1.82) is 0 Å². The Balaban J connectivity index is 2.41. The molecule has 2 radical (unpaired) electrons. The van der Waals surface area contributed by atoms with E-state index in [1.807, 2.05) is 6.07 Å². The zero-order chi connectivity index (χ0) is 15.1. The molecule has 0 aliphatic heterocycles. The SMILES string of the molecule is Fc1c(-c2c(Cl)cccc2Cl)cc2cc([As])ncc2c1Cl. The molecule has 0 aliphatic carbocycles. The Labute approximate surface area is 144 Å². The average Bonchev–Trinajstić information content (AvgIpc) is 2.43. The number of hydrogen-bond acceptors (Lipinski definition) is 1. The minimum absolute atomic E-state index is 0.0125. The van der Waals surface area contributed by atoms with E-state index in [-0.39, 0.29) is 10.6 Å². The van der Waals surface area contributed by atoms with Crippen molar-refractivity contribution >= 4 is 66.9 Å². The second-order valence-electron chi connectivity index (χ2n) is 4.41. The third-order valence-corrected chi connectivity index (χ3v) is 4.63. The number of rotatable bonds is 1. The molecule has 0 aliphatic rings. The number of fused-ring (bicyclic) bond motifs is 1. The van der Waals surface area contributed by atoms with Crippen LogP contribution in [0.25, 0.3) is 21.9 Å². The van der Waals surface area contributed by atoms with Gasteiger partial charge < -0.3 is 0 Å². The third kappa shape index (κ3) is 2.66. The van der Waals surface area contributed by atoms with Gasteiger partial charge in [0.2, 0.25) is 0 Å². The number of aromatic nitrogens is 1. The summed E-state index contributed by atoms with van der Waals surface area (Å²) in [6.45, 7) is 0. The zero-order valence-corrected chi connectivity index (χ0v) is 14.5. The van der Waals surface area contributed by atoms with Gasteiger partial charge in [0.1, 0.15) is 0 Å². The van der Waals surface area contributed by atoms with Gasteiger partial charge in [-0.1, -0.05) is 0 Å². The molecule has 0 amide bonds. The molecule has 104 valence electrons. The predicted molar refractivity (Wildman–Crippen MR) is 87.6 cm³/mol. The van der Waals surface area contributed by atoms with Crippen LogP contribution in [0.15, 0.2) is 36.5 Å². The number of pyridine rings is 1. The van der Waals surface area contributed by atoms with Gasteiger partial charge in [0.25, 0.3) is 0 Å². The normalized spacial score (nSPS) is 11.1. The Morgan fingerprint density at radius 3 is 2.38 bits per heavy atom. The topological polar surface area (TPSA) is 12.9 Å². The molecule has 6 heteroatoms. The quantitative estimate of drug-likeness (QED) is 0.535. The third-order valence-electron chi connectivity index (χ3n) is 3.12. The molecule has 0 saturated heterocycles. The summed E-state index contributed by atoms with van der Waals surface area (Å²) in [6.07, 6.45) is 1.55. The molecule has 0 atom stereocenters. The monoisotopic (exact) mass is 399 g/mol. The van der Waals surface area contributed by atoms with E-state index in [0.29, 0.717) is 21.0 Å². The van der Waals surface area contributed by atoms with Crippen molar-refractivity contribution in [2.45, 2.75) is 0 Å². The second kappa shape index (κ2) is 5.77. The van der Waals surface area contributed by atoms with Crippen LogP contribution >= 0.6 is 34.8 Å². The maximum absolute atomic E-state index is 14.6. The fraction of sp³-hybridized carbons (Fsp3) is 0. The van der Waals surface area contributed by atoms with Crippen LogP contribution in [0.2, 0.25) is 15.1 Å². The van der Waals surface area contributed by atoms with Crippen LogP contribution in [-0.4, -0.2) is 21.8 Å². The van der Waals surface area contributed by atoms with Gasteiger partial charge in [0, 0.05) is 0 Å². The molecule has 21 heavy (non-hydrogen) atoms. The average molecular weight is 400 g/mol. The molecule has 0 bridgehead atoms. The number of benzene rings is 2. The summed E-state index contributed by atoms with van der Waals surface area (Å²) in [7, 11) is 0. The molecule has 3 aromatic rings. The van der Waals surface area contributed by atoms with Crippen molar-refractivity contribution < 1.29 is 4.39 Å². The first-order valence-electron chi connectivity index (χ1n) is 5.90. The molecule has 2 aromatic carbocycles. The Hall–Kier alpha value is -0.792. The summed E-state index contributed by atoms with van der Waals surface area (Å²) >= 11 is 20.8. The van der Waals surface area contributed by atoms with Gasteiger partial charge >= 0.3 is 145 Å². The van der Waals surface area contributed by atoms with Gasteiger partial charge in [-0.3, -0.25) is 0 Å². The van der Waals surface area contributed by atoms with Gasteiger partial charge in [-0.2, -0.15) is 0 Å². The molecule has 1 aromatic heterocycles. The Morgan fingerprint density at radius 1 is 1.05 bits per heavy atom. The van der Waals surface area contributed by atoms with Crippen LogP contribution in [0.5, 0.6) is 0 Å². The number of nitrogens with zero attached hydrogens (tertiary/aromatic N) is 1. The van der Waals surface area contributed by atoms with Gasteiger partial charge in [-0.15, -0.1) is 0 Å². The van der Waals surface area contributed by atoms with Gasteiger partial charge in [0.15, 0.2) is 0 Å². The Bertz CT molecular complexity index is 847. The summed E-state index contributed by atoms with van der Waals surface area (Å²) in [5, 5.41) is 2.09. The summed E-state index contributed by atoms with van der Waals surface area (Å²) in [5.74, 6) is -0.556. The van der Waals surface area contributed by atoms with Crippen molar-refractivity contribution in [1.82, 2.24) is 4.98 Å². The molecular weight excluding hydrogens is 394 g/mol. The van der Waals surface area contributed by atoms with Crippen molar-refractivity contribution in [2.24, 2.45) is 0 Å². The van der Waals surface area contributed by atoms with Crippen LogP contribution in [0, 0.1) is 5.82 Å². The van der Waals surface area contributed by atoms with Crippen molar-refractivity contribution in [3.05, 3.63) is 57.4 Å². The van der Waals surface area contributed by atoms with Crippen LogP contribution in [0.4, 0.5) is 4.39 Å². The van der Waals surface area contributed by atoms with E-state index in [1.54, 1.807) is 30.5 Å². The number of halogens is 4. The summed E-state index contributed by atoms with van der Waals surface area (Å²) < 4.78 is 15.4. The molecule has 0 saturated carbocycles. The molecule has 0 unspecified atom stereocenters. The molecule has 0 spiro atoms. The van der Waals surface area contributed by atoms with Crippen LogP contribution < -0.4 is 4.48 Å². The minimum atomic E-state index is -0.556. The van der Waals surface area contributed by atoms with E-state index in [4.69, 9.17) is 34.8 Å². The summed E-state index contributed by atoms with van der Waals surface area (Å²) in [4.78, 5) is 4.12. The molecule has 1 heterocycles. The van der Waals surface area contributed by atoms with E-state index in [0.717, 1.165) is 9.87 Å². The Kier molecular flexibility index (Phi) is 4.16. The number of hydrogen-bond donors (Lipinski definition) is 0. The molecule has 0 N–H and O–H groups in total. The van der Waals surface area contributed by atoms with Crippen LogP contribution in [-0.2, 0) is 0 Å². The predicted octanol–water partition coefficient (Wildman–Crippen LogP) is 4.79. The Morgan fingerprint density at radius 2 is 1.71 bits per heavy atom. The van der Waals surface area contributed by atoms with E-state index in [2.05, 4.69) is 21.8 Å². The second-order valence-corrected chi connectivity index (χ2v) is 6.57. The molecule has 3 rings (SSSR count). The summed E-state index contributed by atoms with van der Waals surface area (Å²) in [5.41, 5.74) is 0.715. The van der Waals surface area contributed by atoms with E-state index in [9.17, 15) is 4.39 Å². The van der Waals surface area contributed by atoms with E-state index in [1.165, 1.54) is 0 Å². The van der Waals surface area contributed by atoms with E-state index >= 15 is 0 Å². The first kappa shape index (κ1) is 15.1. The van der Waals surface area contributed by atoms with Crippen LogP contribution in [0.3, 0.4) is 0 Å². The van der Waals surface area contributed by atoms with Crippen LogP contribution in [0.1, 0.15) is 0 Å². The van der Waals surface area contributed by atoms with Gasteiger partial charge in [-0.25, -0.2) is 0 Å². The molecule has 0 fully saturated rings. The van der Waals surface area contributed by atoms with Gasteiger partial charge in [0.05, 0.1) is 0 Å². The fourth-order valence-corrected chi connectivity index (χ4v) is 3.43. The molecule has 1 nitrogen and oxygen atoms in total. The molecular formula is C15H6AsCl3FN.